The van der Waals surface area contributed by atoms with Gasteiger partial charge in [0.25, 0.3) is 0 Å². The molecular weight excluding hydrogens is 264 g/mol. The molecule has 0 aromatic heterocycles. The summed E-state index contributed by atoms with van der Waals surface area (Å²) in [6.45, 7) is 8.95. The molecule has 1 N–H and O–H groups in total. The van der Waals surface area contributed by atoms with Crippen LogP contribution in [0, 0.1) is 0 Å². The number of carbonyl (C=O) groups excluding carboxylic acids is 1. The second-order valence-electron chi connectivity index (χ2n) is 5.96. The number of carbonyl (C=O) groups is 1. The van der Waals surface area contributed by atoms with E-state index in [2.05, 4.69) is 36.2 Å². The normalized spacial score (nSPS) is 22.7. The number of nitrogens with one attached hydrogen (secondary N) is 1. The summed E-state index contributed by atoms with van der Waals surface area (Å²) >= 11 is 0. The molecule has 116 valence electrons. The van der Waals surface area contributed by atoms with E-state index in [0.717, 1.165) is 19.5 Å². The molecule has 2 rings (SSSR count). The van der Waals surface area contributed by atoms with E-state index in [0.29, 0.717) is 19.2 Å². The molecule has 0 spiro atoms. The number of ether oxygens (including phenoxy) is 1. The fraction of sp³-hybridized carbons (Fsp3) is 0.588. The topological polar surface area (TPSA) is 41.6 Å². The molecule has 1 atom stereocenters. The van der Waals surface area contributed by atoms with Gasteiger partial charge >= 0.3 is 5.97 Å². The third kappa shape index (κ3) is 3.83. The van der Waals surface area contributed by atoms with Crippen molar-refractivity contribution < 1.29 is 9.53 Å². The number of likely N-dealkylation sites (tertiary alicyclic amines) is 1. The largest absolute Gasteiger partial charge is 0.465 e. The number of hydrogen-bond acceptors (Lipinski definition) is 4. The lowest BCUT2D eigenvalue weighted by Crippen LogP contribution is -2.55. The van der Waals surface area contributed by atoms with Crippen molar-refractivity contribution in [2.75, 3.05) is 19.7 Å². The SMILES string of the molecule is CCOC(=O)C1(NCc2ccccc2)CCN(C(C)C)C1. The molecule has 4 heteroatoms. The van der Waals surface area contributed by atoms with Crippen molar-refractivity contribution >= 4 is 5.97 Å². The third-order valence-electron chi connectivity index (χ3n) is 4.17. The smallest absolute Gasteiger partial charge is 0.327 e. The fourth-order valence-electron chi connectivity index (χ4n) is 2.80. The zero-order valence-electron chi connectivity index (χ0n) is 13.3. The number of hydrogen-bond donors (Lipinski definition) is 1. The van der Waals surface area contributed by atoms with Gasteiger partial charge in [0.15, 0.2) is 0 Å². The van der Waals surface area contributed by atoms with Crippen molar-refractivity contribution in [2.45, 2.75) is 45.3 Å². The van der Waals surface area contributed by atoms with Crippen LogP contribution in [0.25, 0.3) is 0 Å². The average molecular weight is 290 g/mol. The van der Waals surface area contributed by atoms with E-state index in [4.69, 9.17) is 4.74 Å². The average Bonchev–Trinajstić information content (AvgIpc) is 2.93. The molecule has 1 fully saturated rings. The molecule has 21 heavy (non-hydrogen) atoms. The Kier molecular flexibility index (Phi) is 5.37. The standard InChI is InChI=1S/C17H26N2O2/c1-4-21-16(20)17(10-11-19(13-17)14(2)3)18-12-15-8-6-5-7-9-15/h5-9,14,18H,4,10-13H2,1-3H3. The zero-order chi connectivity index (χ0) is 15.3. The van der Waals surface area contributed by atoms with Crippen LogP contribution in [0.3, 0.4) is 0 Å². The van der Waals surface area contributed by atoms with Gasteiger partial charge in [0.2, 0.25) is 0 Å². The van der Waals surface area contributed by atoms with Crippen molar-refractivity contribution in [3.63, 3.8) is 0 Å². The van der Waals surface area contributed by atoms with Crippen LogP contribution in [-0.2, 0) is 16.1 Å². The minimum atomic E-state index is -0.573. The van der Waals surface area contributed by atoms with Crippen LogP contribution in [-0.4, -0.2) is 42.1 Å². The lowest BCUT2D eigenvalue weighted by Gasteiger charge is -2.29. The summed E-state index contributed by atoms with van der Waals surface area (Å²) in [5.41, 5.74) is 0.611. The number of benzene rings is 1. The first-order chi connectivity index (χ1) is 10.1. The predicted molar refractivity (Wildman–Crippen MR) is 84.0 cm³/mol. The summed E-state index contributed by atoms with van der Waals surface area (Å²) in [7, 11) is 0. The van der Waals surface area contributed by atoms with Crippen LogP contribution in [0.15, 0.2) is 30.3 Å². The second kappa shape index (κ2) is 7.05. The fourth-order valence-corrected chi connectivity index (χ4v) is 2.80. The molecule has 1 unspecified atom stereocenters. The molecule has 0 amide bonds. The minimum absolute atomic E-state index is 0.121. The molecule has 1 aliphatic rings. The van der Waals surface area contributed by atoms with Crippen molar-refractivity contribution in [3.8, 4) is 0 Å². The summed E-state index contributed by atoms with van der Waals surface area (Å²) in [5, 5.41) is 3.46. The molecule has 4 nitrogen and oxygen atoms in total. The summed E-state index contributed by atoms with van der Waals surface area (Å²) < 4.78 is 5.32. The Morgan fingerprint density at radius 3 is 2.67 bits per heavy atom. The molecule has 1 heterocycles. The molecule has 1 aromatic carbocycles. The molecule has 0 aliphatic carbocycles. The zero-order valence-corrected chi connectivity index (χ0v) is 13.3. The first-order valence-corrected chi connectivity index (χ1v) is 7.77. The van der Waals surface area contributed by atoms with Gasteiger partial charge < -0.3 is 4.74 Å². The van der Waals surface area contributed by atoms with E-state index in [-0.39, 0.29) is 5.97 Å². The Hall–Kier alpha value is -1.39. The maximum absolute atomic E-state index is 12.4. The van der Waals surface area contributed by atoms with Crippen LogP contribution in [0.2, 0.25) is 0 Å². The molecule has 1 aromatic rings. The van der Waals surface area contributed by atoms with E-state index < -0.39 is 5.54 Å². The Morgan fingerprint density at radius 1 is 1.38 bits per heavy atom. The summed E-state index contributed by atoms with van der Waals surface area (Å²) in [4.78, 5) is 14.8. The van der Waals surface area contributed by atoms with Gasteiger partial charge in [-0.25, -0.2) is 4.79 Å². The van der Waals surface area contributed by atoms with Gasteiger partial charge in [-0.3, -0.25) is 10.2 Å². The van der Waals surface area contributed by atoms with Crippen molar-refractivity contribution in [3.05, 3.63) is 35.9 Å². The Morgan fingerprint density at radius 2 is 2.10 bits per heavy atom. The monoisotopic (exact) mass is 290 g/mol. The van der Waals surface area contributed by atoms with Gasteiger partial charge in [0.05, 0.1) is 6.61 Å². The van der Waals surface area contributed by atoms with Crippen molar-refractivity contribution in [1.29, 1.82) is 0 Å². The van der Waals surface area contributed by atoms with Crippen LogP contribution < -0.4 is 5.32 Å². The summed E-state index contributed by atoms with van der Waals surface area (Å²) in [6, 6.07) is 10.6. The first kappa shape index (κ1) is 16.0. The lowest BCUT2D eigenvalue weighted by atomic mass is 9.98. The minimum Gasteiger partial charge on any atom is -0.465 e. The lowest BCUT2D eigenvalue weighted by molar-refractivity contribution is -0.150. The summed E-state index contributed by atoms with van der Waals surface area (Å²) in [6.07, 6.45) is 0.802. The number of esters is 1. The van der Waals surface area contributed by atoms with Crippen molar-refractivity contribution in [2.24, 2.45) is 0 Å². The Bertz CT molecular complexity index is 461. The molecule has 1 aliphatic heterocycles. The van der Waals surface area contributed by atoms with Gasteiger partial charge in [0, 0.05) is 25.7 Å². The van der Waals surface area contributed by atoms with Gasteiger partial charge in [-0.2, -0.15) is 0 Å². The molecule has 0 saturated carbocycles. The summed E-state index contributed by atoms with van der Waals surface area (Å²) in [5.74, 6) is -0.121. The molecular formula is C17H26N2O2. The van der Waals surface area contributed by atoms with Gasteiger partial charge in [0.1, 0.15) is 5.54 Å². The highest BCUT2D eigenvalue weighted by atomic mass is 16.5. The van der Waals surface area contributed by atoms with E-state index in [1.54, 1.807) is 0 Å². The van der Waals surface area contributed by atoms with E-state index in [1.165, 1.54) is 5.56 Å². The predicted octanol–water partition coefficient (Wildman–Crippen LogP) is 2.19. The van der Waals surface area contributed by atoms with Gasteiger partial charge in [-0.15, -0.1) is 0 Å². The highest BCUT2D eigenvalue weighted by Gasteiger charge is 2.46. The van der Waals surface area contributed by atoms with Crippen LogP contribution >= 0.6 is 0 Å². The van der Waals surface area contributed by atoms with Crippen LogP contribution in [0.4, 0.5) is 0 Å². The van der Waals surface area contributed by atoms with Gasteiger partial charge in [-0.05, 0) is 32.8 Å². The maximum Gasteiger partial charge on any atom is 0.327 e. The van der Waals surface area contributed by atoms with Crippen molar-refractivity contribution in [1.82, 2.24) is 10.2 Å². The van der Waals surface area contributed by atoms with Gasteiger partial charge in [-0.1, -0.05) is 30.3 Å². The van der Waals surface area contributed by atoms with E-state index in [9.17, 15) is 4.79 Å². The third-order valence-corrected chi connectivity index (χ3v) is 4.17. The van der Waals surface area contributed by atoms with Crippen LogP contribution in [0.1, 0.15) is 32.8 Å². The quantitative estimate of drug-likeness (QED) is 0.816. The maximum atomic E-state index is 12.4. The molecule has 0 radical (unpaired) electrons. The molecule has 1 saturated heterocycles. The van der Waals surface area contributed by atoms with Crippen LogP contribution in [0.5, 0.6) is 0 Å². The highest BCUT2D eigenvalue weighted by Crippen LogP contribution is 2.25. The highest BCUT2D eigenvalue weighted by molar-refractivity contribution is 5.81. The number of rotatable bonds is 6. The number of nitrogens with zero attached hydrogens (tertiary/aromatic N) is 1. The second-order valence-corrected chi connectivity index (χ2v) is 5.96. The first-order valence-electron chi connectivity index (χ1n) is 7.77. The Balaban J connectivity index is 2.08. The Labute approximate surface area is 127 Å². The molecule has 0 bridgehead atoms. The van der Waals surface area contributed by atoms with E-state index >= 15 is 0 Å². The van der Waals surface area contributed by atoms with E-state index in [1.807, 2.05) is 25.1 Å².